The summed E-state index contributed by atoms with van der Waals surface area (Å²) in [6.07, 6.45) is 1.42. The maximum Gasteiger partial charge on any atom is 0.160 e. The number of sulfone groups is 1. The van der Waals surface area contributed by atoms with Crippen molar-refractivity contribution in [2.24, 2.45) is 10.2 Å². The first-order chi connectivity index (χ1) is 14.1. The quantitative estimate of drug-likeness (QED) is 0.413. The lowest BCUT2D eigenvalue weighted by Gasteiger charge is -2.07. The fourth-order valence-electron chi connectivity index (χ4n) is 2.55. The van der Waals surface area contributed by atoms with Crippen molar-refractivity contribution >= 4 is 33.1 Å². The molecule has 0 saturated carbocycles. The summed E-state index contributed by atoms with van der Waals surface area (Å²) >= 11 is 0. The van der Waals surface area contributed by atoms with Gasteiger partial charge in [0, 0.05) is 0 Å². The van der Waals surface area contributed by atoms with Gasteiger partial charge in [0.15, 0.2) is 9.84 Å². The Morgan fingerprint density at radius 2 is 1.28 bits per heavy atom. The van der Waals surface area contributed by atoms with Crippen LogP contribution in [0.2, 0.25) is 0 Å². The number of nitrogens with one attached hydrogen (secondary N) is 2. The molecule has 0 bridgehead atoms. The van der Waals surface area contributed by atoms with Crippen molar-refractivity contribution in [1.82, 2.24) is 0 Å². The largest absolute Gasteiger partial charge is 0.278 e. The summed E-state index contributed by atoms with van der Waals surface area (Å²) in [5.74, 6) is -0.292. The van der Waals surface area contributed by atoms with Gasteiger partial charge in [0.1, 0.15) is 0 Å². The first-order valence-electron chi connectivity index (χ1n) is 9.07. The molecule has 7 heteroatoms. The molecule has 148 valence electrons. The number of anilines is 2. The minimum absolute atomic E-state index is 0.0574. The lowest BCUT2D eigenvalue weighted by Crippen LogP contribution is -2.20. The Hall–Kier alpha value is -3.45. The van der Waals surface area contributed by atoms with Crippen LogP contribution in [0.3, 0.4) is 0 Å². The molecule has 0 aliphatic carbocycles. The number of para-hydroxylation sites is 2. The molecule has 0 amide bonds. The van der Waals surface area contributed by atoms with E-state index in [0.29, 0.717) is 5.71 Å². The van der Waals surface area contributed by atoms with E-state index in [1.165, 1.54) is 6.21 Å². The van der Waals surface area contributed by atoms with Crippen LogP contribution in [-0.4, -0.2) is 26.1 Å². The Labute approximate surface area is 170 Å². The number of hydrazone groups is 2. The zero-order valence-electron chi connectivity index (χ0n) is 15.8. The average molecular weight is 407 g/mol. The van der Waals surface area contributed by atoms with Crippen LogP contribution < -0.4 is 10.9 Å². The van der Waals surface area contributed by atoms with Crippen molar-refractivity contribution < 1.29 is 8.42 Å². The van der Waals surface area contributed by atoms with Crippen LogP contribution >= 0.6 is 0 Å². The number of hydrogen-bond acceptors (Lipinski definition) is 6. The topological polar surface area (TPSA) is 82.9 Å². The highest BCUT2D eigenvalue weighted by Gasteiger charge is 2.15. The standard InChI is InChI=1S/C22H22N4O2S/c27-29(28,17-19-10-4-1-5-11-19)18-22(26-25-21-14-8-3-9-15-21)16-23-24-20-12-6-2-7-13-20/h1-16,24-25H,17-18H2. The monoisotopic (exact) mass is 406 g/mol. The lowest BCUT2D eigenvalue weighted by atomic mass is 10.2. The highest BCUT2D eigenvalue weighted by Crippen LogP contribution is 2.09. The van der Waals surface area contributed by atoms with Crippen LogP contribution in [0.25, 0.3) is 0 Å². The summed E-state index contributed by atoms with van der Waals surface area (Å²) < 4.78 is 25.3. The van der Waals surface area contributed by atoms with Gasteiger partial charge in [0.25, 0.3) is 0 Å². The second kappa shape index (κ2) is 10.2. The molecule has 0 fully saturated rings. The molecule has 0 spiro atoms. The number of benzene rings is 3. The molecule has 0 saturated heterocycles. The third-order valence-electron chi connectivity index (χ3n) is 3.88. The summed E-state index contributed by atoms with van der Waals surface area (Å²) in [5, 5.41) is 8.39. The predicted molar refractivity (Wildman–Crippen MR) is 120 cm³/mol. The molecule has 0 atom stereocenters. The van der Waals surface area contributed by atoms with Gasteiger partial charge in [-0.1, -0.05) is 66.7 Å². The summed E-state index contributed by atoms with van der Waals surface area (Å²) in [5.41, 5.74) is 8.35. The van der Waals surface area contributed by atoms with Crippen LogP contribution in [0.4, 0.5) is 11.4 Å². The number of rotatable bonds is 9. The second-order valence-corrected chi connectivity index (χ2v) is 8.40. The van der Waals surface area contributed by atoms with Crippen molar-refractivity contribution in [3.63, 3.8) is 0 Å². The van der Waals surface area contributed by atoms with Gasteiger partial charge in [-0.3, -0.25) is 10.9 Å². The Morgan fingerprint density at radius 1 is 0.759 bits per heavy atom. The summed E-state index contributed by atoms with van der Waals surface area (Å²) in [4.78, 5) is 0. The van der Waals surface area contributed by atoms with E-state index < -0.39 is 9.84 Å². The molecule has 3 aromatic carbocycles. The van der Waals surface area contributed by atoms with Crippen LogP contribution in [0.15, 0.2) is 101 Å². The average Bonchev–Trinajstić information content (AvgIpc) is 2.73. The van der Waals surface area contributed by atoms with Crippen molar-refractivity contribution in [1.29, 1.82) is 0 Å². The molecular formula is C22H22N4O2S. The Bertz CT molecular complexity index is 1050. The van der Waals surface area contributed by atoms with E-state index >= 15 is 0 Å². The SMILES string of the molecule is O=S(=O)(CC(C=NNc1ccccc1)=NNc1ccccc1)Cc1ccccc1. The Balaban J connectivity index is 1.74. The lowest BCUT2D eigenvalue weighted by molar-refractivity contribution is 0.599. The zero-order valence-corrected chi connectivity index (χ0v) is 16.6. The molecule has 0 radical (unpaired) electrons. The highest BCUT2D eigenvalue weighted by molar-refractivity contribution is 7.91. The molecular weight excluding hydrogens is 384 g/mol. The summed E-state index contributed by atoms with van der Waals surface area (Å²) in [6.45, 7) is 0. The normalized spacial score (nSPS) is 12.1. The van der Waals surface area contributed by atoms with Gasteiger partial charge in [0.2, 0.25) is 0 Å². The first-order valence-corrected chi connectivity index (χ1v) is 10.9. The van der Waals surface area contributed by atoms with Gasteiger partial charge in [-0.25, -0.2) is 8.42 Å². The number of hydrogen-bond donors (Lipinski definition) is 2. The van der Waals surface area contributed by atoms with E-state index in [9.17, 15) is 8.42 Å². The Kier molecular flexibility index (Phi) is 7.13. The van der Waals surface area contributed by atoms with Crippen molar-refractivity contribution in [2.45, 2.75) is 5.75 Å². The molecule has 0 unspecified atom stereocenters. The molecule has 0 heterocycles. The number of nitrogens with zero attached hydrogens (tertiary/aromatic N) is 2. The first kappa shape index (κ1) is 20.3. The molecule has 6 nitrogen and oxygen atoms in total. The third-order valence-corrected chi connectivity index (χ3v) is 5.39. The van der Waals surface area contributed by atoms with Gasteiger partial charge in [-0.2, -0.15) is 10.2 Å². The molecule has 2 N–H and O–H groups in total. The fourth-order valence-corrected chi connectivity index (χ4v) is 3.94. The van der Waals surface area contributed by atoms with Crippen molar-refractivity contribution in [3.05, 3.63) is 96.6 Å². The van der Waals surface area contributed by atoms with Crippen LogP contribution in [0.1, 0.15) is 5.56 Å². The van der Waals surface area contributed by atoms with Gasteiger partial charge < -0.3 is 0 Å². The van der Waals surface area contributed by atoms with E-state index in [1.807, 2.05) is 78.9 Å². The van der Waals surface area contributed by atoms with E-state index in [-0.39, 0.29) is 11.5 Å². The summed E-state index contributed by atoms with van der Waals surface area (Å²) in [6, 6.07) is 27.8. The molecule has 0 aliphatic rings. The maximum absolute atomic E-state index is 12.7. The van der Waals surface area contributed by atoms with E-state index in [0.717, 1.165) is 16.9 Å². The zero-order chi connectivity index (χ0) is 20.4. The fraction of sp³-hybridized carbons (Fsp3) is 0.0909. The highest BCUT2D eigenvalue weighted by atomic mass is 32.2. The molecule has 0 aliphatic heterocycles. The Morgan fingerprint density at radius 3 is 1.86 bits per heavy atom. The van der Waals surface area contributed by atoms with Gasteiger partial charge in [-0.15, -0.1) is 0 Å². The minimum atomic E-state index is -3.42. The minimum Gasteiger partial charge on any atom is -0.278 e. The van der Waals surface area contributed by atoms with E-state index in [4.69, 9.17) is 0 Å². The predicted octanol–water partition coefficient (Wildman–Crippen LogP) is 4.17. The van der Waals surface area contributed by atoms with Crippen LogP contribution in [-0.2, 0) is 15.6 Å². The maximum atomic E-state index is 12.7. The van der Waals surface area contributed by atoms with Gasteiger partial charge >= 0.3 is 0 Å². The van der Waals surface area contributed by atoms with Gasteiger partial charge in [-0.05, 0) is 29.8 Å². The van der Waals surface area contributed by atoms with Crippen molar-refractivity contribution in [3.8, 4) is 0 Å². The smallest absolute Gasteiger partial charge is 0.160 e. The van der Waals surface area contributed by atoms with Gasteiger partial charge in [0.05, 0.1) is 34.8 Å². The molecule has 29 heavy (non-hydrogen) atoms. The second-order valence-electron chi connectivity index (χ2n) is 6.33. The molecule has 3 rings (SSSR count). The molecule has 0 aromatic heterocycles. The molecule has 3 aromatic rings. The van der Waals surface area contributed by atoms with Crippen LogP contribution in [0, 0.1) is 0 Å². The van der Waals surface area contributed by atoms with E-state index in [1.54, 1.807) is 12.1 Å². The summed E-state index contributed by atoms with van der Waals surface area (Å²) in [7, 11) is -3.42. The van der Waals surface area contributed by atoms with Crippen molar-refractivity contribution in [2.75, 3.05) is 16.6 Å². The van der Waals surface area contributed by atoms with Crippen LogP contribution in [0.5, 0.6) is 0 Å². The van der Waals surface area contributed by atoms with E-state index in [2.05, 4.69) is 21.1 Å². The third kappa shape index (κ3) is 7.23.